The van der Waals surface area contributed by atoms with Crippen LogP contribution in [0.15, 0.2) is 53.6 Å². The van der Waals surface area contributed by atoms with Crippen molar-refractivity contribution in [2.45, 2.75) is 11.5 Å². The van der Waals surface area contributed by atoms with Gasteiger partial charge in [0.15, 0.2) is 0 Å². The molecule has 0 saturated heterocycles. The van der Waals surface area contributed by atoms with Gasteiger partial charge in [0, 0.05) is 6.20 Å². The molecule has 0 radical (unpaired) electrons. The highest BCUT2D eigenvalue weighted by Gasteiger charge is 2.09. The van der Waals surface area contributed by atoms with E-state index in [-0.39, 0.29) is 17.3 Å². The molecule has 2 aromatic rings. The van der Waals surface area contributed by atoms with E-state index < -0.39 is 16.1 Å². The van der Waals surface area contributed by atoms with Gasteiger partial charge >= 0.3 is 6.09 Å². The number of hydrogen-bond donors (Lipinski definition) is 2. The van der Waals surface area contributed by atoms with Gasteiger partial charge in [-0.3, -0.25) is 5.32 Å². The molecular weight excluding hydrogens is 294 g/mol. The lowest BCUT2D eigenvalue weighted by Crippen LogP contribution is -2.16. The number of rotatable bonds is 4. The molecule has 0 saturated carbocycles. The van der Waals surface area contributed by atoms with Crippen molar-refractivity contribution in [3.63, 3.8) is 0 Å². The zero-order valence-electron chi connectivity index (χ0n) is 10.9. The van der Waals surface area contributed by atoms with Crippen LogP contribution in [0.1, 0.15) is 5.56 Å². The summed E-state index contributed by atoms with van der Waals surface area (Å²) in [4.78, 5) is 15.2. The van der Waals surface area contributed by atoms with Crippen LogP contribution < -0.4 is 10.5 Å². The number of carbonyl (C=O) groups excluding carboxylic acids is 1. The van der Waals surface area contributed by atoms with Crippen molar-refractivity contribution >= 4 is 21.9 Å². The monoisotopic (exact) mass is 307 g/mol. The van der Waals surface area contributed by atoms with Crippen LogP contribution in [0.25, 0.3) is 0 Å². The predicted octanol–water partition coefficient (Wildman–Crippen LogP) is 1.48. The van der Waals surface area contributed by atoms with Crippen LogP contribution >= 0.6 is 0 Å². The van der Waals surface area contributed by atoms with Gasteiger partial charge in [0.25, 0.3) is 0 Å². The molecule has 1 heterocycles. The summed E-state index contributed by atoms with van der Waals surface area (Å²) in [6, 6.07) is 11.8. The van der Waals surface area contributed by atoms with Crippen LogP contribution in [-0.2, 0) is 21.4 Å². The molecule has 2 rings (SSSR count). The van der Waals surface area contributed by atoms with Gasteiger partial charge in [0.05, 0.1) is 0 Å². The molecule has 0 fully saturated rings. The second-order valence-electron chi connectivity index (χ2n) is 4.11. The van der Waals surface area contributed by atoms with Crippen molar-refractivity contribution in [3.8, 4) is 0 Å². The number of nitrogens with two attached hydrogens (primary N) is 1. The Balaban J connectivity index is 1.91. The lowest BCUT2D eigenvalue weighted by atomic mass is 10.2. The summed E-state index contributed by atoms with van der Waals surface area (Å²) in [7, 11) is -3.80. The maximum atomic E-state index is 11.6. The number of benzene rings is 1. The zero-order chi connectivity index (χ0) is 15.3. The van der Waals surface area contributed by atoms with Crippen LogP contribution in [0.5, 0.6) is 0 Å². The lowest BCUT2D eigenvalue weighted by molar-refractivity contribution is 0.155. The summed E-state index contributed by atoms with van der Waals surface area (Å²) in [6.45, 7) is 0.127. The smallest absolute Gasteiger partial charge is 0.413 e. The summed E-state index contributed by atoms with van der Waals surface area (Å²) in [6.07, 6.45) is 0.372. The first-order valence-electron chi connectivity index (χ1n) is 5.92. The van der Waals surface area contributed by atoms with E-state index in [0.29, 0.717) is 0 Å². The van der Waals surface area contributed by atoms with E-state index in [9.17, 15) is 13.2 Å². The average molecular weight is 307 g/mol. The largest absolute Gasteiger partial charge is 0.444 e. The van der Waals surface area contributed by atoms with Crippen LogP contribution in [0, 0.1) is 0 Å². The molecule has 110 valence electrons. The Bertz CT molecular complexity index is 715. The molecule has 0 aliphatic carbocycles. The van der Waals surface area contributed by atoms with Gasteiger partial charge in [-0.1, -0.05) is 30.3 Å². The summed E-state index contributed by atoms with van der Waals surface area (Å²) in [5.74, 6) is 0.167. The number of aromatic nitrogens is 1. The van der Waals surface area contributed by atoms with Gasteiger partial charge in [-0.15, -0.1) is 0 Å². The maximum absolute atomic E-state index is 11.6. The minimum atomic E-state index is -3.80. The van der Waals surface area contributed by atoms with E-state index in [1.165, 1.54) is 12.1 Å². The second-order valence-corrected chi connectivity index (χ2v) is 5.67. The number of nitrogens with one attached hydrogen (secondary N) is 1. The van der Waals surface area contributed by atoms with Crippen LogP contribution in [-0.4, -0.2) is 19.5 Å². The molecule has 21 heavy (non-hydrogen) atoms. The van der Waals surface area contributed by atoms with Crippen LogP contribution in [0.4, 0.5) is 10.6 Å². The van der Waals surface area contributed by atoms with Crippen molar-refractivity contribution in [1.82, 2.24) is 4.98 Å². The van der Waals surface area contributed by atoms with E-state index in [4.69, 9.17) is 9.88 Å². The van der Waals surface area contributed by atoms with Gasteiger partial charge in [-0.05, 0) is 17.7 Å². The number of carbonyl (C=O) groups is 1. The molecule has 3 N–H and O–H groups in total. The number of amides is 1. The zero-order valence-corrected chi connectivity index (χ0v) is 11.7. The quantitative estimate of drug-likeness (QED) is 0.888. The van der Waals surface area contributed by atoms with Gasteiger partial charge in [0.1, 0.15) is 17.3 Å². The van der Waals surface area contributed by atoms with Crippen LogP contribution in [0.3, 0.4) is 0 Å². The summed E-state index contributed by atoms with van der Waals surface area (Å²) in [5.41, 5.74) is 0.852. The number of anilines is 1. The van der Waals surface area contributed by atoms with Crippen molar-refractivity contribution in [3.05, 3.63) is 54.2 Å². The molecule has 0 bridgehead atoms. The van der Waals surface area contributed by atoms with E-state index in [0.717, 1.165) is 11.8 Å². The highest BCUT2D eigenvalue weighted by Crippen LogP contribution is 2.09. The predicted molar refractivity (Wildman–Crippen MR) is 75.9 cm³/mol. The number of ether oxygens (including phenoxy) is 1. The van der Waals surface area contributed by atoms with E-state index in [1.54, 1.807) is 0 Å². The Hall–Kier alpha value is -2.45. The van der Waals surface area contributed by atoms with E-state index in [1.807, 2.05) is 30.3 Å². The Morgan fingerprint density at radius 3 is 2.48 bits per heavy atom. The molecule has 1 aromatic carbocycles. The molecule has 7 nitrogen and oxygen atoms in total. The first kappa shape index (κ1) is 14.9. The third kappa shape index (κ3) is 4.55. The minimum absolute atomic E-state index is 0.127. The fraction of sp³-hybridized carbons (Fsp3) is 0.0769. The average Bonchev–Trinajstić information content (AvgIpc) is 2.46. The first-order chi connectivity index (χ1) is 9.95. The molecule has 0 atom stereocenters. The number of primary sulfonamides is 1. The minimum Gasteiger partial charge on any atom is -0.444 e. The molecule has 0 aliphatic heterocycles. The normalized spacial score (nSPS) is 10.9. The van der Waals surface area contributed by atoms with E-state index in [2.05, 4.69) is 10.3 Å². The standard InChI is InChI=1S/C13H13N3O4S/c14-21(18,19)11-6-7-12(15-8-11)16-13(17)20-9-10-4-2-1-3-5-10/h1-8H,9H2,(H2,14,18,19)(H,15,16,17). The maximum Gasteiger partial charge on any atom is 0.413 e. The summed E-state index contributed by atoms with van der Waals surface area (Å²) >= 11 is 0. The molecule has 0 aliphatic rings. The fourth-order valence-electron chi connectivity index (χ4n) is 1.49. The number of pyridine rings is 1. The third-order valence-electron chi connectivity index (χ3n) is 2.51. The molecule has 1 amide bonds. The number of sulfonamides is 1. The Labute approximate surface area is 121 Å². The molecule has 0 unspecified atom stereocenters. The SMILES string of the molecule is NS(=O)(=O)c1ccc(NC(=O)OCc2ccccc2)nc1. The second kappa shape index (κ2) is 6.33. The Kier molecular flexibility index (Phi) is 4.51. The molecular formula is C13H13N3O4S. The van der Waals surface area contributed by atoms with Crippen molar-refractivity contribution in [2.75, 3.05) is 5.32 Å². The fourth-order valence-corrected chi connectivity index (χ4v) is 1.94. The van der Waals surface area contributed by atoms with Crippen molar-refractivity contribution in [2.24, 2.45) is 5.14 Å². The van der Waals surface area contributed by atoms with Gasteiger partial charge in [0.2, 0.25) is 10.0 Å². The van der Waals surface area contributed by atoms with Crippen molar-refractivity contribution in [1.29, 1.82) is 0 Å². The van der Waals surface area contributed by atoms with Gasteiger partial charge in [-0.25, -0.2) is 23.3 Å². The lowest BCUT2D eigenvalue weighted by Gasteiger charge is -2.06. The molecule has 8 heteroatoms. The highest BCUT2D eigenvalue weighted by molar-refractivity contribution is 7.89. The summed E-state index contributed by atoms with van der Waals surface area (Å²) in [5, 5.41) is 7.32. The van der Waals surface area contributed by atoms with Crippen molar-refractivity contribution < 1.29 is 17.9 Å². The Morgan fingerprint density at radius 1 is 1.19 bits per heavy atom. The van der Waals surface area contributed by atoms with Gasteiger partial charge < -0.3 is 4.74 Å². The Morgan fingerprint density at radius 2 is 1.90 bits per heavy atom. The van der Waals surface area contributed by atoms with Gasteiger partial charge in [-0.2, -0.15) is 0 Å². The highest BCUT2D eigenvalue weighted by atomic mass is 32.2. The number of nitrogens with zero attached hydrogens (tertiary/aromatic N) is 1. The molecule has 0 spiro atoms. The van der Waals surface area contributed by atoms with Crippen LogP contribution in [0.2, 0.25) is 0 Å². The topological polar surface area (TPSA) is 111 Å². The molecule has 1 aromatic heterocycles. The van der Waals surface area contributed by atoms with E-state index >= 15 is 0 Å². The first-order valence-corrected chi connectivity index (χ1v) is 7.46. The third-order valence-corrected chi connectivity index (χ3v) is 3.41. The number of hydrogen-bond acceptors (Lipinski definition) is 5. The summed E-state index contributed by atoms with van der Waals surface area (Å²) < 4.78 is 27.1.